The molecule has 1 spiro atoms. The van der Waals surface area contributed by atoms with Crippen molar-refractivity contribution in [2.75, 3.05) is 31.7 Å². The molecule has 3 saturated heterocycles. The number of hydrogen-bond donors (Lipinski definition) is 2. The molecule has 3 fully saturated rings. The van der Waals surface area contributed by atoms with Gasteiger partial charge in [0.25, 0.3) is 5.91 Å². The maximum absolute atomic E-state index is 14.1. The Morgan fingerprint density at radius 2 is 2.06 bits per heavy atom. The SMILES string of the molecule is C=CCN(C(=O)[C@H]1N(CCCCO)C(=O)[C@@H]2[C@@H](C(=O)O)[C@H]3CC[C@]21O3)c1ccc(OC)cc1. The van der Waals surface area contributed by atoms with Gasteiger partial charge in [0.1, 0.15) is 17.4 Å². The van der Waals surface area contributed by atoms with Gasteiger partial charge in [-0.2, -0.15) is 0 Å². The lowest BCUT2D eigenvalue weighted by molar-refractivity contribution is -0.149. The maximum atomic E-state index is 14.1. The number of carbonyl (C=O) groups excluding carboxylic acids is 2. The lowest BCUT2D eigenvalue weighted by Crippen LogP contribution is -2.56. The van der Waals surface area contributed by atoms with E-state index < -0.39 is 35.6 Å². The van der Waals surface area contributed by atoms with E-state index in [1.165, 1.54) is 4.90 Å². The van der Waals surface area contributed by atoms with Gasteiger partial charge in [0.2, 0.25) is 5.91 Å². The van der Waals surface area contributed by atoms with Crippen molar-refractivity contribution in [1.82, 2.24) is 4.90 Å². The Balaban J connectivity index is 1.73. The van der Waals surface area contributed by atoms with Crippen molar-refractivity contribution < 1.29 is 34.1 Å². The summed E-state index contributed by atoms with van der Waals surface area (Å²) in [4.78, 5) is 42.6. The summed E-state index contributed by atoms with van der Waals surface area (Å²) in [6, 6.07) is 6.07. The van der Waals surface area contributed by atoms with Gasteiger partial charge in [-0.25, -0.2) is 0 Å². The Hall–Kier alpha value is -2.91. The van der Waals surface area contributed by atoms with Crippen LogP contribution in [0.15, 0.2) is 36.9 Å². The fourth-order valence-electron chi connectivity index (χ4n) is 5.71. The molecule has 3 heterocycles. The predicted molar refractivity (Wildman–Crippen MR) is 119 cm³/mol. The van der Waals surface area contributed by atoms with Crippen molar-refractivity contribution >= 4 is 23.5 Å². The quantitative estimate of drug-likeness (QED) is 0.403. The number of carboxylic acids is 1. The topological polar surface area (TPSA) is 117 Å². The van der Waals surface area contributed by atoms with Crippen LogP contribution in [-0.2, 0) is 19.1 Å². The molecule has 9 heteroatoms. The normalized spacial score (nSPS) is 29.8. The second-order valence-electron chi connectivity index (χ2n) is 8.79. The highest BCUT2D eigenvalue weighted by Gasteiger charge is 2.74. The van der Waals surface area contributed by atoms with E-state index in [0.29, 0.717) is 37.1 Å². The Bertz CT molecular complexity index is 933. The first-order valence-corrected chi connectivity index (χ1v) is 11.3. The van der Waals surface area contributed by atoms with Crippen LogP contribution in [0.1, 0.15) is 25.7 Å². The van der Waals surface area contributed by atoms with Crippen molar-refractivity contribution in [3.8, 4) is 5.75 Å². The van der Waals surface area contributed by atoms with Crippen LogP contribution in [0.2, 0.25) is 0 Å². The third kappa shape index (κ3) is 3.69. The summed E-state index contributed by atoms with van der Waals surface area (Å²) in [5.41, 5.74) is -0.543. The van der Waals surface area contributed by atoms with E-state index in [-0.39, 0.29) is 31.5 Å². The molecule has 3 aliphatic rings. The number of carboxylic acid groups (broad SMARTS) is 1. The first-order chi connectivity index (χ1) is 15.9. The highest BCUT2D eigenvalue weighted by Crippen LogP contribution is 2.58. The molecule has 2 amide bonds. The molecule has 2 N–H and O–H groups in total. The van der Waals surface area contributed by atoms with Gasteiger partial charge in [0.15, 0.2) is 0 Å². The predicted octanol–water partition coefficient (Wildman–Crippen LogP) is 1.45. The standard InChI is InChI=1S/C24H30N2O7/c1-3-12-25(15-6-8-16(32-2)9-7-15)22(29)20-24-11-10-17(33-24)18(23(30)31)19(24)21(28)26(20)13-4-5-14-27/h3,6-9,17-20,27H,1,4-5,10-14H2,2H3,(H,30,31)/t17-,18+,19+,20-,24+/m1/s1. The lowest BCUT2D eigenvalue weighted by Gasteiger charge is -2.36. The van der Waals surface area contributed by atoms with Gasteiger partial charge >= 0.3 is 5.97 Å². The molecule has 1 aromatic rings. The number of aliphatic carboxylic acids is 1. The van der Waals surface area contributed by atoms with E-state index in [4.69, 9.17) is 9.47 Å². The van der Waals surface area contributed by atoms with Crippen LogP contribution >= 0.6 is 0 Å². The summed E-state index contributed by atoms with van der Waals surface area (Å²) in [6.07, 6.45) is 2.97. The van der Waals surface area contributed by atoms with Crippen molar-refractivity contribution in [3.05, 3.63) is 36.9 Å². The minimum Gasteiger partial charge on any atom is -0.497 e. The number of anilines is 1. The zero-order valence-corrected chi connectivity index (χ0v) is 18.7. The third-order valence-electron chi connectivity index (χ3n) is 7.09. The summed E-state index contributed by atoms with van der Waals surface area (Å²) < 4.78 is 11.4. The van der Waals surface area contributed by atoms with Gasteiger partial charge in [0.05, 0.1) is 25.0 Å². The molecule has 5 atom stereocenters. The van der Waals surface area contributed by atoms with Gasteiger partial charge < -0.3 is 29.5 Å². The molecule has 3 aliphatic heterocycles. The number of amides is 2. The number of hydrogen-bond acceptors (Lipinski definition) is 6. The number of fused-ring (bicyclic) bond motifs is 1. The molecule has 2 bridgehead atoms. The molecule has 0 aromatic heterocycles. The number of nitrogens with zero attached hydrogens (tertiary/aromatic N) is 2. The fourth-order valence-corrected chi connectivity index (χ4v) is 5.71. The number of ether oxygens (including phenoxy) is 2. The number of aliphatic hydroxyl groups excluding tert-OH is 1. The summed E-state index contributed by atoms with van der Waals surface area (Å²) in [6.45, 7) is 4.21. The second kappa shape index (κ2) is 9.15. The Morgan fingerprint density at radius 1 is 1.33 bits per heavy atom. The molecule has 0 saturated carbocycles. The highest BCUT2D eigenvalue weighted by atomic mass is 16.5. The van der Waals surface area contributed by atoms with Crippen LogP contribution < -0.4 is 9.64 Å². The van der Waals surface area contributed by atoms with Gasteiger partial charge in [0, 0.05) is 25.4 Å². The zero-order chi connectivity index (χ0) is 23.8. The van der Waals surface area contributed by atoms with E-state index in [9.17, 15) is 24.6 Å². The number of unbranched alkanes of at least 4 members (excludes halogenated alkanes) is 1. The largest absolute Gasteiger partial charge is 0.497 e. The maximum Gasteiger partial charge on any atom is 0.310 e. The average molecular weight is 459 g/mol. The number of rotatable bonds is 10. The highest BCUT2D eigenvalue weighted by molar-refractivity contribution is 6.04. The Kier molecular flexibility index (Phi) is 6.45. The minimum absolute atomic E-state index is 0.0278. The number of carbonyl (C=O) groups is 3. The molecule has 33 heavy (non-hydrogen) atoms. The molecular weight excluding hydrogens is 428 g/mol. The van der Waals surface area contributed by atoms with Gasteiger partial charge in [-0.1, -0.05) is 6.08 Å². The monoisotopic (exact) mass is 458 g/mol. The molecule has 0 unspecified atom stereocenters. The van der Waals surface area contributed by atoms with Crippen molar-refractivity contribution in [1.29, 1.82) is 0 Å². The summed E-state index contributed by atoms with van der Waals surface area (Å²) in [5.74, 6) is -2.95. The number of likely N-dealkylation sites (tertiary alicyclic amines) is 1. The summed E-state index contributed by atoms with van der Waals surface area (Å²) in [7, 11) is 1.56. The molecule has 1 aromatic carbocycles. The van der Waals surface area contributed by atoms with E-state index in [1.807, 2.05) is 0 Å². The molecular formula is C24H30N2O7. The Morgan fingerprint density at radius 3 is 2.67 bits per heavy atom. The van der Waals surface area contributed by atoms with E-state index in [1.54, 1.807) is 42.4 Å². The summed E-state index contributed by atoms with van der Waals surface area (Å²) in [5, 5.41) is 19.0. The number of benzene rings is 1. The van der Waals surface area contributed by atoms with Gasteiger partial charge in [-0.3, -0.25) is 14.4 Å². The number of aliphatic hydroxyl groups is 1. The molecule has 0 radical (unpaired) electrons. The van der Waals surface area contributed by atoms with Crippen LogP contribution in [0.25, 0.3) is 0 Å². The smallest absolute Gasteiger partial charge is 0.310 e. The van der Waals surface area contributed by atoms with Crippen molar-refractivity contribution in [2.45, 2.75) is 43.4 Å². The zero-order valence-electron chi connectivity index (χ0n) is 18.7. The van der Waals surface area contributed by atoms with Crippen LogP contribution in [0.3, 0.4) is 0 Å². The van der Waals surface area contributed by atoms with E-state index >= 15 is 0 Å². The molecule has 178 valence electrons. The first-order valence-electron chi connectivity index (χ1n) is 11.3. The van der Waals surface area contributed by atoms with Crippen LogP contribution in [-0.4, -0.2) is 77.4 Å². The van der Waals surface area contributed by atoms with Crippen molar-refractivity contribution in [3.63, 3.8) is 0 Å². The molecule has 9 nitrogen and oxygen atoms in total. The van der Waals surface area contributed by atoms with Gasteiger partial charge in [-0.15, -0.1) is 6.58 Å². The van der Waals surface area contributed by atoms with Gasteiger partial charge in [-0.05, 0) is 49.9 Å². The molecule has 4 rings (SSSR count). The Labute approximate surface area is 192 Å². The van der Waals surface area contributed by atoms with E-state index in [2.05, 4.69) is 6.58 Å². The fraction of sp³-hybridized carbons (Fsp3) is 0.542. The first kappa shape index (κ1) is 23.3. The molecule has 0 aliphatic carbocycles. The minimum atomic E-state index is -1.16. The third-order valence-corrected chi connectivity index (χ3v) is 7.09. The van der Waals surface area contributed by atoms with E-state index in [0.717, 1.165) is 0 Å². The summed E-state index contributed by atoms with van der Waals surface area (Å²) >= 11 is 0. The second-order valence-corrected chi connectivity index (χ2v) is 8.79. The number of methoxy groups -OCH3 is 1. The van der Waals surface area contributed by atoms with Crippen LogP contribution in [0.5, 0.6) is 5.75 Å². The van der Waals surface area contributed by atoms with Crippen LogP contribution in [0, 0.1) is 11.8 Å². The van der Waals surface area contributed by atoms with Crippen molar-refractivity contribution in [2.24, 2.45) is 11.8 Å². The van der Waals surface area contributed by atoms with Crippen LogP contribution in [0.4, 0.5) is 5.69 Å². The lowest BCUT2D eigenvalue weighted by atomic mass is 9.70. The average Bonchev–Trinajstić information content (AvgIpc) is 3.45.